The third kappa shape index (κ3) is 3.10. The zero-order valence-electron chi connectivity index (χ0n) is 9.33. The minimum atomic E-state index is -4.38. The molecule has 1 amide bonds. The molecule has 2 atom stereocenters. The molecule has 0 saturated carbocycles. The summed E-state index contributed by atoms with van der Waals surface area (Å²) in [5.41, 5.74) is 0. The van der Waals surface area contributed by atoms with Gasteiger partial charge in [0.05, 0.1) is 5.92 Å². The van der Waals surface area contributed by atoms with Crippen molar-refractivity contribution in [2.24, 2.45) is 5.92 Å². The number of carbonyl (C=O) groups excluding carboxylic acids is 1. The van der Waals surface area contributed by atoms with Crippen molar-refractivity contribution in [3.05, 3.63) is 0 Å². The van der Waals surface area contributed by atoms with Crippen molar-refractivity contribution in [1.82, 2.24) is 4.90 Å². The Morgan fingerprint density at radius 2 is 2.18 bits per heavy atom. The minimum absolute atomic E-state index is 0.103. The molecule has 4 nitrogen and oxygen atoms in total. The average Bonchev–Trinajstić information content (AvgIpc) is 2.19. The van der Waals surface area contributed by atoms with Crippen LogP contribution in [0.3, 0.4) is 0 Å². The van der Waals surface area contributed by atoms with Gasteiger partial charge in [0, 0.05) is 13.0 Å². The number of piperidine rings is 1. The lowest BCUT2D eigenvalue weighted by atomic mass is 9.95. The highest BCUT2D eigenvalue weighted by atomic mass is 19.4. The molecule has 1 aliphatic heterocycles. The first-order valence-corrected chi connectivity index (χ1v) is 5.36. The Labute approximate surface area is 96.4 Å². The van der Waals surface area contributed by atoms with E-state index in [1.807, 2.05) is 0 Å². The number of alkyl halides is 3. The van der Waals surface area contributed by atoms with Crippen molar-refractivity contribution < 1.29 is 27.9 Å². The van der Waals surface area contributed by atoms with E-state index < -0.39 is 36.6 Å². The van der Waals surface area contributed by atoms with Crippen molar-refractivity contribution in [1.29, 1.82) is 0 Å². The third-order valence-corrected chi connectivity index (χ3v) is 2.95. The summed E-state index contributed by atoms with van der Waals surface area (Å²) in [7, 11) is 0. The Morgan fingerprint density at radius 3 is 2.59 bits per heavy atom. The summed E-state index contributed by atoms with van der Waals surface area (Å²) in [6, 6.07) is -1.16. The van der Waals surface area contributed by atoms with Crippen molar-refractivity contribution in [2.75, 3.05) is 6.54 Å². The first-order valence-electron chi connectivity index (χ1n) is 5.36. The summed E-state index contributed by atoms with van der Waals surface area (Å²) in [5, 5.41) is 8.86. The van der Waals surface area contributed by atoms with Gasteiger partial charge in [0.15, 0.2) is 0 Å². The third-order valence-electron chi connectivity index (χ3n) is 2.95. The topological polar surface area (TPSA) is 57.6 Å². The van der Waals surface area contributed by atoms with E-state index in [0.717, 1.165) is 4.90 Å². The smallest absolute Gasteiger partial charge is 0.393 e. The fourth-order valence-electron chi connectivity index (χ4n) is 1.97. The van der Waals surface area contributed by atoms with Crippen molar-refractivity contribution in [2.45, 2.75) is 38.4 Å². The first-order chi connectivity index (χ1) is 7.77. The number of carbonyl (C=O) groups is 2. The second-order valence-electron chi connectivity index (χ2n) is 4.09. The van der Waals surface area contributed by atoms with Crippen molar-refractivity contribution in [3.8, 4) is 0 Å². The van der Waals surface area contributed by atoms with Crippen molar-refractivity contribution >= 4 is 11.9 Å². The second-order valence-corrected chi connectivity index (χ2v) is 4.09. The molecule has 1 fully saturated rings. The number of carboxylic acid groups (broad SMARTS) is 1. The number of carboxylic acids is 1. The molecule has 1 aliphatic rings. The van der Waals surface area contributed by atoms with Crippen LogP contribution in [0.4, 0.5) is 13.2 Å². The van der Waals surface area contributed by atoms with Crippen LogP contribution in [0, 0.1) is 5.92 Å². The molecule has 98 valence electrons. The quantitative estimate of drug-likeness (QED) is 0.832. The average molecular weight is 253 g/mol. The Hall–Kier alpha value is -1.27. The van der Waals surface area contributed by atoms with E-state index in [1.54, 1.807) is 0 Å². The molecule has 1 saturated heterocycles. The molecule has 0 aromatic rings. The maximum atomic E-state index is 12.5. The highest BCUT2D eigenvalue weighted by Crippen LogP contribution is 2.34. The molecule has 0 aromatic carbocycles. The van der Waals surface area contributed by atoms with E-state index in [1.165, 1.54) is 6.92 Å². The first kappa shape index (κ1) is 13.8. The zero-order chi connectivity index (χ0) is 13.2. The van der Waals surface area contributed by atoms with Crippen LogP contribution in [-0.4, -0.2) is 40.6 Å². The van der Waals surface area contributed by atoms with Gasteiger partial charge in [0.2, 0.25) is 5.91 Å². The summed E-state index contributed by atoms with van der Waals surface area (Å²) in [6.07, 6.45) is -4.77. The van der Waals surface area contributed by atoms with Gasteiger partial charge in [-0.05, 0) is 12.8 Å². The minimum Gasteiger partial charge on any atom is -0.480 e. The summed E-state index contributed by atoms with van der Waals surface area (Å²) in [6.45, 7) is 0.983. The number of amides is 1. The van der Waals surface area contributed by atoms with Crippen LogP contribution in [-0.2, 0) is 9.59 Å². The molecule has 0 aromatic heterocycles. The summed E-state index contributed by atoms with van der Waals surface area (Å²) < 4.78 is 37.6. The van der Waals surface area contributed by atoms with Gasteiger partial charge in [0.1, 0.15) is 6.04 Å². The number of aliphatic carboxylic acids is 1. The molecule has 1 N–H and O–H groups in total. The van der Waals surface area contributed by atoms with Gasteiger partial charge in [-0.15, -0.1) is 0 Å². The molecule has 0 spiro atoms. The highest BCUT2D eigenvalue weighted by molar-refractivity contribution is 5.84. The van der Waals surface area contributed by atoms with Crippen LogP contribution in [0.2, 0.25) is 0 Å². The van der Waals surface area contributed by atoms with E-state index in [-0.39, 0.29) is 19.3 Å². The molecular formula is C10H14F3NO3. The number of hydrogen-bond donors (Lipinski definition) is 1. The lowest BCUT2D eigenvalue weighted by Crippen LogP contribution is -2.52. The molecular weight excluding hydrogens is 239 g/mol. The van der Waals surface area contributed by atoms with Gasteiger partial charge >= 0.3 is 12.1 Å². The molecule has 0 radical (unpaired) electrons. The predicted molar refractivity (Wildman–Crippen MR) is 52.2 cm³/mol. The molecule has 2 unspecified atom stereocenters. The van der Waals surface area contributed by atoms with Gasteiger partial charge in [0.25, 0.3) is 0 Å². The standard InChI is InChI=1S/C10H14F3NO3/c1-2-7(9(16)17)14-5-6(10(11,12)13)3-4-8(14)15/h6-7H,2-5H2,1H3,(H,16,17). The zero-order valence-corrected chi connectivity index (χ0v) is 9.33. The lowest BCUT2D eigenvalue weighted by Gasteiger charge is -2.36. The maximum Gasteiger partial charge on any atom is 0.393 e. The van der Waals surface area contributed by atoms with E-state index in [9.17, 15) is 22.8 Å². The van der Waals surface area contributed by atoms with Gasteiger partial charge in [-0.2, -0.15) is 13.2 Å². The highest BCUT2D eigenvalue weighted by Gasteiger charge is 2.45. The van der Waals surface area contributed by atoms with Crippen LogP contribution in [0.15, 0.2) is 0 Å². The normalized spacial score (nSPS) is 23.6. The van der Waals surface area contributed by atoms with E-state index >= 15 is 0 Å². The fraction of sp³-hybridized carbons (Fsp3) is 0.800. The predicted octanol–water partition coefficient (Wildman–Crippen LogP) is 1.65. The SMILES string of the molecule is CCC(C(=O)O)N1CC(C(F)(F)F)CCC1=O. The van der Waals surface area contributed by atoms with Crippen LogP contribution in [0.25, 0.3) is 0 Å². The Kier molecular flexibility index (Phi) is 4.00. The van der Waals surface area contributed by atoms with Crippen LogP contribution >= 0.6 is 0 Å². The molecule has 0 aliphatic carbocycles. The monoisotopic (exact) mass is 253 g/mol. The molecule has 0 bridgehead atoms. The van der Waals surface area contributed by atoms with Crippen LogP contribution < -0.4 is 0 Å². The number of rotatable bonds is 3. The Bertz CT molecular complexity index is 316. The second kappa shape index (κ2) is 4.93. The lowest BCUT2D eigenvalue weighted by molar-refractivity contribution is -0.193. The molecule has 17 heavy (non-hydrogen) atoms. The van der Waals surface area contributed by atoms with Gasteiger partial charge < -0.3 is 10.0 Å². The largest absolute Gasteiger partial charge is 0.480 e. The van der Waals surface area contributed by atoms with E-state index in [0.29, 0.717) is 0 Å². The summed E-state index contributed by atoms with van der Waals surface area (Å²) in [5.74, 6) is -3.39. The Balaban J connectivity index is 2.83. The number of nitrogens with zero attached hydrogens (tertiary/aromatic N) is 1. The number of likely N-dealkylation sites (tertiary alicyclic amines) is 1. The molecule has 1 heterocycles. The van der Waals surface area contributed by atoms with Crippen LogP contribution in [0.1, 0.15) is 26.2 Å². The number of hydrogen-bond acceptors (Lipinski definition) is 2. The van der Waals surface area contributed by atoms with Gasteiger partial charge in [-0.1, -0.05) is 6.92 Å². The summed E-state index contributed by atoms with van der Waals surface area (Å²) in [4.78, 5) is 23.2. The summed E-state index contributed by atoms with van der Waals surface area (Å²) >= 11 is 0. The van der Waals surface area contributed by atoms with Gasteiger partial charge in [-0.25, -0.2) is 4.79 Å². The molecule has 7 heteroatoms. The van der Waals surface area contributed by atoms with Gasteiger partial charge in [-0.3, -0.25) is 4.79 Å². The van der Waals surface area contributed by atoms with Crippen LogP contribution in [0.5, 0.6) is 0 Å². The number of halogens is 3. The molecule has 1 rings (SSSR count). The maximum absolute atomic E-state index is 12.5. The van der Waals surface area contributed by atoms with E-state index in [4.69, 9.17) is 5.11 Å². The van der Waals surface area contributed by atoms with E-state index in [2.05, 4.69) is 0 Å². The Morgan fingerprint density at radius 1 is 1.59 bits per heavy atom. The van der Waals surface area contributed by atoms with Crippen molar-refractivity contribution in [3.63, 3.8) is 0 Å². The fourth-order valence-corrected chi connectivity index (χ4v) is 1.97.